The molecule has 0 aliphatic rings. The van der Waals surface area contributed by atoms with Crippen LogP contribution in [0.1, 0.15) is 27.0 Å². The van der Waals surface area contributed by atoms with E-state index in [2.05, 4.69) is 26.0 Å². The van der Waals surface area contributed by atoms with Gasteiger partial charge in [0.15, 0.2) is 0 Å². The maximum Gasteiger partial charge on any atom is 0.261 e. The van der Waals surface area contributed by atoms with E-state index < -0.39 is 10.0 Å². The SMILES string of the molecule is Cc1ccc(NS(=O)(=O)c2ccc(NC(=O)c3ccc(C)c(Br)c3)cc2)cc1C. The Kier molecular flexibility index (Phi) is 6.10. The molecule has 0 aliphatic heterocycles. The quantitative estimate of drug-likeness (QED) is 0.519. The summed E-state index contributed by atoms with van der Waals surface area (Å²) in [6, 6.07) is 16.8. The van der Waals surface area contributed by atoms with Crippen molar-refractivity contribution < 1.29 is 13.2 Å². The third-order valence-electron chi connectivity index (χ3n) is 4.62. The van der Waals surface area contributed by atoms with E-state index in [9.17, 15) is 13.2 Å². The smallest absolute Gasteiger partial charge is 0.261 e. The van der Waals surface area contributed by atoms with Gasteiger partial charge in [-0.3, -0.25) is 9.52 Å². The lowest BCUT2D eigenvalue weighted by Crippen LogP contribution is -2.14. The normalized spacial score (nSPS) is 11.2. The molecular formula is C22H21BrN2O3S. The molecule has 7 heteroatoms. The summed E-state index contributed by atoms with van der Waals surface area (Å²) in [7, 11) is -3.72. The van der Waals surface area contributed by atoms with Crippen molar-refractivity contribution in [3.05, 3.63) is 87.4 Å². The minimum absolute atomic E-state index is 0.117. The third kappa shape index (κ3) is 5.05. The predicted molar refractivity (Wildman–Crippen MR) is 120 cm³/mol. The van der Waals surface area contributed by atoms with E-state index in [1.54, 1.807) is 36.4 Å². The fourth-order valence-electron chi connectivity index (χ4n) is 2.67. The summed E-state index contributed by atoms with van der Waals surface area (Å²) in [6.45, 7) is 5.84. The first-order chi connectivity index (χ1) is 13.7. The van der Waals surface area contributed by atoms with Crippen molar-refractivity contribution in [3.63, 3.8) is 0 Å². The highest BCUT2D eigenvalue weighted by molar-refractivity contribution is 9.10. The molecule has 0 unspecified atom stereocenters. The number of carbonyl (C=O) groups is 1. The van der Waals surface area contributed by atoms with E-state index in [1.807, 2.05) is 32.9 Å². The average Bonchev–Trinajstić information content (AvgIpc) is 2.67. The molecule has 0 bridgehead atoms. The predicted octanol–water partition coefficient (Wildman–Crippen LogP) is 5.43. The maximum atomic E-state index is 12.6. The van der Waals surface area contributed by atoms with E-state index in [4.69, 9.17) is 0 Å². The fraction of sp³-hybridized carbons (Fsp3) is 0.136. The largest absolute Gasteiger partial charge is 0.322 e. The zero-order valence-electron chi connectivity index (χ0n) is 16.3. The molecule has 0 atom stereocenters. The highest BCUT2D eigenvalue weighted by Crippen LogP contribution is 2.22. The zero-order valence-corrected chi connectivity index (χ0v) is 18.7. The molecule has 0 saturated heterocycles. The number of anilines is 2. The van der Waals surface area contributed by atoms with Crippen molar-refractivity contribution in [3.8, 4) is 0 Å². The minimum atomic E-state index is -3.72. The number of halogens is 1. The fourth-order valence-corrected chi connectivity index (χ4v) is 4.10. The number of sulfonamides is 1. The van der Waals surface area contributed by atoms with Crippen LogP contribution in [0.15, 0.2) is 70.0 Å². The Bertz CT molecular complexity index is 1170. The molecule has 150 valence electrons. The lowest BCUT2D eigenvalue weighted by atomic mass is 10.1. The Balaban J connectivity index is 1.73. The molecule has 3 aromatic carbocycles. The summed E-state index contributed by atoms with van der Waals surface area (Å²) in [6.07, 6.45) is 0. The molecule has 3 aromatic rings. The number of amides is 1. The van der Waals surface area contributed by atoms with Crippen molar-refractivity contribution in [1.29, 1.82) is 0 Å². The number of rotatable bonds is 5. The van der Waals surface area contributed by atoms with Crippen molar-refractivity contribution in [2.75, 3.05) is 10.0 Å². The maximum absolute atomic E-state index is 12.6. The van der Waals surface area contributed by atoms with Crippen LogP contribution in [-0.2, 0) is 10.0 Å². The van der Waals surface area contributed by atoms with Crippen LogP contribution in [0.3, 0.4) is 0 Å². The van der Waals surface area contributed by atoms with Crippen LogP contribution in [0, 0.1) is 20.8 Å². The van der Waals surface area contributed by atoms with Gasteiger partial charge in [-0.1, -0.05) is 28.1 Å². The highest BCUT2D eigenvalue weighted by Gasteiger charge is 2.15. The molecule has 2 N–H and O–H groups in total. The van der Waals surface area contributed by atoms with Gasteiger partial charge in [0.2, 0.25) is 0 Å². The first-order valence-corrected chi connectivity index (χ1v) is 11.2. The van der Waals surface area contributed by atoms with Crippen LogP contribution < -0.4 is 10.0 Å². The standard InChI is InChI=1S/C22H21BrN2O3S/c1-14-5-7-19(12-16(14)3)25-29(27,28)20-10-8-18(9-11-20)24-22(26)17-6-4-15(2)21(23)13-17/h4-13,25H,1-3H3,(H,24,26). The van der Waals surface area contributed by atoms with Crippen LogP contribution in [-0.4, -0.2) is 14.3 Å². The second kappa shape index (κ2) is 8.39. The topological polar surface area (TPSA) is 75.3 Å². The number of benzene rings is 3. The van der Waals surface area contributed by atoms with Gasteiger partial charge in [0.25, 0.3) is 15.9 Å². The Morgan fingerprint density at radius 1 is 0.793 bits per heavy atom. The van der Waals surface area contributed by atoms with Crippen LogP contribution in [0.5, 0.6) is 0 Å². The molecule has 0 aromatic heterocycles. The Morgan fingerprint density at radius 2 is 1.41 bits per heavy atom. The molecule has 0 fully saturated rings. The first-order valence-electron chi connectivity index (χ1n) is 8.93. The first kappa shape index (κ1) is 21.1. The van der Waals surface area contributed by atoms with Crippen LogP contribution in [0.25, 0.3) is 0 Å². The molecule has 0 saturated carbocycles. The van der Waals surface area contributed by atoms with E-state index >= 15 is 0 Å². The molecule has 0 radical (unpaired) electrons. The van der Waals surface area contributed by atoms with Gasteiger partial charge >= 0.3 is 0 Å². The average molecular weight is 473 g/mol. The van der Waals surface area contributed by atoms with Crippen LogP contribution in [0.4, 0.5) is 11.4 Å². The van der Waals surface area contributed by atoms with Crippen molar-refractivity contribution in [2.45, 2.75) is 25.7 Å². The molecule has 0 spiro atoms. The van der Waals surface area contributed by atoms with Crippen LogP contribution in [0.2, 0.25) is 0 Å². The van der Waals surface area contributed by atoms with Gasteiger partial charge in [-0.25, -0.2) is 8.42 Å². The lowest BCUT2D eigenvalue weighted by molar-refractivity contribution is 0.102. The van der Waals surface area contributed by atoms with Crippen LogP contribution >= 0.6 is 15.9 Å². The molecule has 29 heavy (non-hydrogen) atoms. The molecule has 1 amide bonds. The second-order valence-corrected chi connectivity index (χ2v) is 9.38. The second-order valence-electron chi connectivity index (χ2n) is 6.85. The zero-order chi connectivity index (χ0) is 21.2. The lowest BCUT2D eigenvalue weighted by Gasteiger charge is -2.11. The third-order valence-corrected chi connectivity index (χ3v) is 6.87. The Hall–Kier alpha value is -2.64. The van der Waals surface area contributed by atoms with E-state index in [-0.39, 0.29) is 10.8 Å². The van der Waals surface area contributed by atoms with Crippen molar-refractivity contribution in [1.82, 2.24) is 0 Å². The number of aryl methyl sites for hydroxylation is 3. The summed E-state index contributed by atoms with van der Waals surface area (Å²) in [5.41, 5.74) is 4.66. The van der Waals surface area contributed by atoms with Gasteiger partial charge in [0, 0.05) is 21.4 Å². The summed E-state index contributed by atoms with van der Waals surface area (Å²) in [4.78, 5) is 12.5. The number of hydrogen-bond donors (Lipinski definition) is 2. The summed E-state index contributed by atoms with van der Waals surface area (Å²) >= 11 is 3.41. The van der Waals surface area contributed by atoms with Gasteiger partial charge in [0.1, 0.15) is 0 Å². The molecular weight excluding hydrogens is 452 g/mol. The highest BCUT2D eigenvalue weighted by atomic mass is 79.9. The molecule has 0 aliphatic carbocycles. The number of nitrogens with one attached hydrogen (secondary N) is 2. The molecule has 0 heterocycles. The Labute approximate surface area is 179 Å². The van der Waals surface area contributed by atoms with E-state index in [0.717, 1.165) is 21.2 Å². The summed E-state index contributed by atoms with van der Waals surface area (Å²) < 4.78 is 28.7. The van der Waals surface area contributed by atoms with E-state index in [1.165, 1.54) is 12.1 Å². The van der Waals surface area contributed by atoms with Crippen molar-refractivity contribution >= 4 is 43.2 Å². The van der Waals surface area contributed by atoms with Gasteiger partial charge < -0.3 is 5.32 Å². The van der Waals surface area contributed by atoms with E-state index in [0.29, 0.717) is 16.9 Å². The van der Waals surface area contributed by atoms with Gasteiger partial charge in [0.05, 0.1) is 4.90 Å². The molecule has 3 rings (SSSR count). The van der Waals surface area contributed by atoms with Gasteiger partial charge in [-0.15, -0.1) is 0 Å². The number of hydrogen-bond acceptors (Lipinski definition) is 3. The monoisotopic (exact) mass is 472 g/mol. The minimum Gasteiger partial charge on any atom is -0.322 e. The molecule has 5 nitrogen and oxygen atoms in total. The van der Waals surface area contributed by atoms with Crippen molar-refractivity contribution in [2.24, 2.45) is 0 Å². The van der Waals surface area contributed by atoms with Gasteiger partial charge in [-0.2, -0.15) is 0 Å². The van der Waals surface area contributed by atoms with Gasteiger partial charge in [-0.05, 0) is 86.0 Å². The number of carbonyl (C=O) groups excluding carboxylic acids is 1. The Morgan fingerprint density at radius 3 is 2.03 bits per heavy atom. The summed E-state index contributed by atoms with van der Waals surface area (Å²) in [5, 5.41) is 2.77. The summed E-state index contributed by atoms with van der Waals surface area (Å²) in [5.74, 6) is -0.269.